The molecule has 1 aliphatic rings. The number of aryl methyl sites for hydroxylation is 1. The van der Waals surface area contributed by atoms with Crippen molar-refractivity contribution in [3.8, 4) is 11.6 Å². The molecule has 1 aromatic carbocycles. The van der Waals surface area contributed by atoms with E-state index in [-0.39, 0.29) is 0 Å². The third-order valence-corrected chi connectivity index (χ3v) is 4.79. The highest BCUT2D eigenvalue weighted by molar-refractivity contribution is 5.92. The molecule has 0 spiro atoms. The van der Waals surface area contributed by atoms with Gasteiger partial charge in [0.05, 0.1) is 5.56 Å². The van der Waals surface area contributed by atoms with E-state index in [0.717, 1.165) is 25.1 Å². The van der Waals surface area contributed by atoms with Crippen LogP contribution in [0, 0.1) is 5.92 Å². The second kappa shape index (κ2) is 8.32. The number of nitrogens with two attached hydrogens (primary N) is 1. The van der Waals surface area contributed by atoms with Crippen LogP contribution in [0.25, 0.3) is 0 Å². The highest BCUT2D eigenvalue weighted by Gasteiger charge is 2.20. The summed E-state index contributed by atoms with van der Waals surface area (Å²) in [6.07, 6.45) is 6.09. The van der Waals surface area contributed by atoms with Gasteiger partial charge in [-0.3, -0.25) is 4.79 Å². The molecule has 1 amide bonds. The minimum atomic E-state index is -0.492. The number of benzene rings is 1. The number of pyridine rings is 1. The first-order chi connectivity index (χ1) is 12.5. The van der Waals surface area contributed by atoms with Gasteiger partial charge in [-0.25, -0.2) is 4.98 Å². The number of fused-ring (bicyclic) bond motifs is 1. The van der Waals surface area contributed by atoms with E-state index < -0.39 is 5.91 Å². The van der Waals surface area contributed by atoms with Crippen molar-refractivity contribution in [1.82, 2.24) is 10.3 Å². The Morgan fingerprint density at radius 2 is 2.19 bits per heavy atom. The topological polar surface area (TPSA) is 77.2 Å². The van der Waals surface area contributed by atoms with Crippen LogP contribution in [-0.4, -0.2) is 17.4 Å². The highest BCUT2D eigenvalue weighted by atomic mass is 16.5. The van der Waals surface area contributed by atoms with Crippen molar-refractivity contribution in [2.24, 2.45) is 11.7 Å². The Kier molecular flexibility index (Phi) is 5.89. The number of rotatable bonds is 7. The molecule has 0 saturated carbocycles. The lowest BCUT2D eigenvalue weighted by Crippen LogP contribution is -2.26. The molecule has 5 nitrogen and oxygen atoms in total. The average Bonchev–Trinajstić information content (AvgIpc) is 2.62. The molecule has 0 radical (unpaired) electrons. The molecule has 3 N–H and O–H groups in total. The fourth-order valence-corrected chi connectivity index (χ4v) is 3.31. The van der Waals surface area contributed by atoms with E-state index in [1.165, 1.54) is 30.2 Å². The Hall–Kier alpha value is -2.40. The van der Waals surface area contributed by atoms with Gasteiger partial charge in [-0.05, 0) is 67.5 Å². The predicted octanol–water partition coefficient (Wildman–Crippen LogP) is 3.99. The molecule has 0 bridgehead atoms. The molecule has 1 aliphatic carbocycles. The van der Waals surface area contributed by atoms with E-state index in [2.05, 4.69) is 36.3 Å². The molecule has 3 rings (SSSR count). The van der Waals surface area contributed by atoms with Gasteiger partial charge in [-0.1, -0.05) is 19.9 Å². The molecule has 5 heteroatoms. The number of carbonyl (C=O) groups is 1. The molecule has 0 saturated heterocycles. The third-order valence-electron chi connectivity index (χ3n) is 4.79. The molecule has 1 heterocycles. The number of amides is 1. The van der Waals surface area contributed by atoms with Crippen molar-refractivity contribution in [2.45, 2.75) is 45.6 Å². The quantitative estimate of drug-likeness (QED) is 0.789. The van der Waals surface area contributed by atoms with Crippen LogP contribution in [0.15, 0.2) is 36.5 Å². The monoisotopic (exact) mass is 353 g/mol. The Morgan fingerprint density at radius 1 is 1.35 bits per heavy atom. The van der Waals surface area contributed by atoms with Gasteiger partial charge in [0.2, 0.25) is 11.8 Å². The van der Waals surface area contributed by atoms with Crippen LogP contribution in [0.3, 0.4) is 0 Å². The van der Waals surface area contributed by atoms with Crippen LogP contribution in [0.5, 0.6) is 11.6 Å². The summed E-state index contributed by atoms with van der Waals surface area (Å²) in [5.74, 6) is 1.43. The van der Waals surface area contributed by atoms with Crippen LogP contribution < -0.4 is 15.8 Å². The lowest BCUT2D eigenvalue weighted by Gasteiger charge is -2.27. The lowest BCUT2D eigenvalue weighted by atomic mass is 9.87. The van der Waals surface area contributed by atoms with Gasteiger partial charge < -0.3 is 15.8 Å². The largest absolute Gasteiger partial charge is 0.439 e. The molecule has 2 aromatic rings. The van der Waals surface area contributed by atoms with Crippen LogP contribution >= 0.6 is 0 Å². The van der Waals surface area contributed by atoms with E-state index in [4.69, 9.17) is 10.5 Å². The number of aromatic nitrogens is 1. The van der Waals surface area contributed by atoms with E-state index in [1.54, 1.807) is 12.1 Å². The minimum absolute atomic E-state index is 0.372. The number of primary amides is 1. The summed E-state index contributed by atoms with van der Waals surface area (Å²) in [7, 11) is 0. The molecular formula is C21H27N3O2. The summed E-state index contributed by atoms with van der Waals surface area (Å²) in [6, 6.07) is 9.92. The first kappa shape index (κ1) is 18.4. The number of hydrogen-bond acceptors (Lipinski definition) is 4. The van der Waals surface area contributed by atoms with Crippen molar-refractivity contribution in [3.05, 3.63) is 53.2 Å². The number of ether oxygens (including phenoxy) is 1. The first-order valence-electron chi connectivity index (χ1n) is 9.33. The second-order valence-electron chi connectivity index (χ2n) is 7.29. The van der Waals surface area contributed by atoms with E-state index in [9.17, 15) is 4.79 Å². The first-order valence-corrected chi connectivity index (χ1v) is 9.33. The molecule has 138 valence electrons. The molecule has 0 fully saturated rings. The Bertz CT molecular complexity index is 756. The summed E-state index contributed by atoms with van der Waals surface area (Å²) in [4.78, 5) is 15.3. The minimum Gasteiger partial charge on any atom is -0.439 e. The summed E-state index contributed by atoms with van der Waals surface area (Å²) >= 11 is 0. The Balaban J connectivity index is 1.72. The molecule has 1 atom stereocenters. The van der Waals surface area contributed by atoms with E-state index in [1.807, 2.05) is 6.07 Å². The molecule has 1 unspecified atom stereocenters. The SMILES string of the molecule is CC(C)CCNC1CCCc2ccc(Oc3ccc(C(N)=O)cn3)cc21. The summed E-state index contributed by atoms with van der Waals surface area (Å²) in [6.45, 7) is 5.53. The smallest absolute Gasteiger partial charge is 0.250 e. The zero-order chi connectivity index (χ0) is 18.5. The summed E-state index contributed by atoms with van der Waals surface area (Å²) < 4.78 is 5.88. The van der Waals surface area contributed by atoms with Crippen molar-refractivity contribution >= 4 is 5.91 Å². The van der Waals surface area contributed by atoms with Crippen molar-refractivity contribution < 1.29 is 9.53 Å². The lowest BCUT2D eigenvalue weighted by molar-refractivity contribution is 0.1000. The van der Waals surface area contributed by atoms with Gasteiger partial charge in [0, 0.05) is 18.3 Å². The Morgan fingerprint density at radius 3 is 2.88 bits per heavy atom. The zero-order valence-electron chi connectivity index (χ0n) is 15.5. The van der Waals surface area contributed by atoms with Crippen molar-refractivity contribution in [2.75, 3.05) is 6.54 Å². The van der Waals surface area contributed by atoms with Gasteiger partial charge in [0.15, 0.2) is 0 Å². The average molecular weight is 353 g/mol. The second-order valence-corrected chi connectivity index (χ2v) is 7.29. The van der Waals surface area contributed by atoms with E-state index >= 15 is 0 Å². The highest BCUT2D eigenvalue weighted by Crippen LogP contribution is 2.33. The van der Waals surface area contributed by atoms with Crippen LogP contribution in [0.4, 0.5) is 0 Å². The van der Waals surface area contributed by atoms with Gasteiger partial charge in [0.25, 0.3) is 0 Å². The maximum atomic E-state index is 11.1. The van der Waals surface area contributed by atoms with Gasteiger partial charge >= 0.3 is 0 Å². The third kappa shape index (κ3) is 4.61. The maximum Gasteiger partial charge on any atom is 0.250 e. The predicted molar refractivity (Wildman–Crippen MR) is 102 cm³/mol. The molecule has 1 aromatic heterocycles. The van der Waals surface area contributed by atoms with Gasteiger partial charge in [-0.15, -0.1) is 0 Å². The fourth-order valence-electron chi connectivity index (χ4n) is 3.31. The number of hydrogen-bond donors (Lipinski definition) is 2. The fraction of sp³-hybridized carbons (Fsp3) is 0.429. The standard InChI is InChI=1S/C21H27N3O2/c1-14(2)10-11-23-19-5-3-4-15-6-8-17(12-18(15)19)26-20-9-7-16(13-24-20)21(22)25/h6-9,12-14,19,23H,3-5,10-11H2,1-2H3,(H2,22,25). The van der Waals surface area contributed by atoms with Gasteiger partial charge in [0.1, 0.15) is 5.75 Å². The van der Waals surface area contributed by atoms with Gasteiger partial charge in [-0.2, -0.15) is 0 Å². The maximum absolute atomic E-state index is 11.1. The van der Waals surface area contributed by atoms with Crippen molar-refractivity contribution in [1.29, 1.82) is 0 Å². The van der Waals surface area contributed by atoms with Crippen LogP contribution in [0.1, 0.15) is 60.6 Å². The van der Waals surface area contributed by atoms with Crippen LogP contribution in [-0.2, 0) is 6.42 Å². The normalized spacial score (nSPS) is 16.3. The summed E-state index contributed by atoms with van der Waals surface area (Å²) in [5.41, 5.74) is 8.33. The summed E-state index contributed by atoms with van der Waals surface area (Å²) in [5, 5.41) is 3.70. The Labute approximate surface area is 155 Å². The number of carbonyl (C=O) groups excluding carboxylic acids is 1. The molecular weight excluding hydrogens is 326 g/mol. The van der Waals surface area contributed by atoms with E-state index in [0.29, 0.717) is 23.4 Å². The zero-order valence-corrected chi connectivity index (χ0v) is 15.5. The molecule has 0 aliphatic heterocycles. The number of nitrogens with zero attached hydrogens (tertiary/aromatic N) is 1. The number of nitrogens with one attached hydrogen (secondary N) is 1. The molecule has 26 heavy (non-hydrogen) atoms. The van der Waals surface area contributed by atoms with Crippen LogP contribution in [0.2, 0.25) is 0 Å². The van der Waals surface area contributed by atoms with Crippen molar-refractivity contribution in [3.63, 3.8) is 0 Å².